The van der Waals surface area contributed by atoms with E-state index in [9.17, 15) is 0 Å². The lowest BCUT2D eigenvalue weighted by molar-refractivity contribution is 0.291. The van der Waals surface area contributed by atoms with E-state index in [1.165, 1.54) is 10.8 Å². The summed E-state index contributed by atoms with van der Waals surface area (Å²) in [6.45, 7) is 3.42. The Morgan fingerprint density at radius 3 is 2.64 bits per heavy atom. The third kappa shape index (κ3) is 4.07. The summed E-state index contributed by atoms with van der Waals surface area (Å²) in [4.78, 5) is 0. The second kappa shape index (κ2) is 8.26. The number of ether oxygens (including phenoxy) is 2. The maximum absolute atomic E-state index is 5.95. The van der Waals surface area contributed by atoms with E-state index < -0.39 is 0 Å². The van der Waals surface area contributed by atoms with E-state index in [0.29, 0.717) is 13.2 Å². The van der Waals surface area contributed by atoms with Gasteiger partial charge in [-0.1, -0.05) is 59.3 Å². The molecule has 3 aromatic rings. The molecule has 0 amide bonds. The van der Waals surface area contributed by atoms with E-state index in [1.54, 1.807) is 7.11 Å². The summed E-state index contributed by atoms with van der Waals surface area (Å²) in [6, 6.07) is 18.7. The van der Waals surface area contributed by atoms with Crippen LogP contribution in [0.5, 0.6) is 11.5 Å². The first kappa shape index (κ1) is 17.6. The number of hydrogen-bond acceptors (Lipinski definition) is 3. The number of benzene rings is 3. The number of halogens is 1. The summed E-state index contributed by atoms with van der Waals surface area (Å²) >= 11 is 3.56. The summed E-state index contributed by atoms with van der Waals surface area (Å²) in [5, 5.41) is 5.98. The van der Waals surface area contributed by atoms with Gasteiger partial charge in [0.2, 0.25) is 0 Å². The molecule has 0 aliphatic carbocycles. The number of rotatable bonds is 7. The zero-order valence-electron chi connectivity index (χ0n) is 14.5. The van der Waals surface area contributed by atoms with Crippen molar-refractivity contribution in [2.24, 2.45) is 0 Å². The van der Waals surface area contributed by atoms with E-state index in [1.807, 2.05) is 6.07 Å². The Labute approximate surface area is 157 Å². The highest BCUT2D eigenvalue weighted by molar-refractivity contribution is 9.10. The minimum absolute atomic E-state index is 0.656. The molecule has 0 heterocycles. The highest BCUT2D eigenvalue weighted by Gasteiger charge is 2.13. The van der Waals surface area contributed by atoms with Crippen molar-refractivity contribution in [1.82, 2.24) is 0 Å². The fraction of sp³-hybridized carbons (Fsp3) is 0.238. The van der Waals surface area contributed by atoms with Crippen molar-refractivity contribution in [1.29, 1.82) is 0 Å². The lowest BCUT2D eigenvalue weighted by atomic mass is 10.1. The van der Waals surface area contributed by atoms with Crippen molar-refractivity contribution in [3.63, 3.8) is 0 Å². The number of anilines is 1. The Hall–Kier alpha value is -2.20. The highest BCUT2D eigenvalue weighted by Crippen LogP contribution is 2.36. The van der Waals surface area contributed by atoms with Crippen LogP contribution in [0.1, 0.15) is 18.9 Å². The molecule has 4 heteroatoms. The van der Waals surface area contributed by atoms with Gasteiger partial charge in [-0.2, -0.15) is 0 Å². The zero-order chi connectivity index (χ0) is 17.6. The molecule has 130 valence electrons. The standard InChI is InChI=1S/C21H22BrNO2/c1-3-11-25-21-16(12-17(22)13-20(21)24-2)14-23-19-10-6-8-15-7-4-5-9-18(15)19/h4-10,12-13,23H,3,11,14H2,1-2H3. The van der Waals surface area contributed by atoms with Crippen molar-refractivity contribution in [2.45, 2.75) is 19.9 Å². The Morgan fingerprint density at radius 2 is 1.84 bits per heavy atom. The maximum Gasteiger partial charge on any atom is 0.166 e. The fourth-order valence-electron chi connectivity index (χ4n) is 2.84. The van der Waals surface area contributed by atoms with Gasteiger partial charge in [0.1, 0.15) is 0 Å². The molecule has 1 N–H and O–H groups in total. The summed E-state index contributed by atoms with van der Waals surface area (Å²) in [6.07, 6.45) is 0.954. The molecule has 3 nitrogen and oxygen atoms in total. The molecule has 0 spiro atoms. The van der Waals surface area contributed by atoms with E-state index in [4.69, 9.17) is 9.47 Å². The molecule has 0 fully saturated rings. The van der Waals surface area contributed by atoms with Gasteiger partial charge in [-0.3, -0.25) is 0 Å². The van der Waals surface area contributed by atoms with Gasteiger partial charge in [0.15, 0.2) is 11.5 Å². The minimum atomic E-state index is 0.656. The Bertz CT molecular complexity index is 858. The molecule has 0 radical (unpaired) electrons. The van der Waals surface area contributed by atoms with Gasteiger partial charge in [0, 0.05) is 27.7 Å². The fourth-order valence-corrected chi connectivity index (χ4v) is 3.33. The topological polar surface area (TPSA) is 30.5 Å². The van der Waals surface area contributed by atoms with Crippen LogP contribution >= 0.6 is 15.9 Å². The Morgan fingerprint density at radius 1 is 1.04 bits per heavy atom. The van der Waals surface area contributed by atoms with Crippen LogP contribution in [0.15, 0.2) is 59.1 Å². The maximum atomic E-state index is 5.95. The highest BCUT2D eigenvalue weighted by atomic mass is 79.9. The molecule has 0 aliphatic rings. The Kier molecular flexibility index (Phi) is 5.82. The normalized spacial score (nSPS) is 10.7. The monoisotopic (exact) mass is 399 g/mol. The smallest absolute Gasteiger partial charge is 0.166 e. The molecule has 3 aromatic carbocycles. The van der Waals surface area contributed by atoms with Gasteiger partial charge in [-0.05, 0) is 30.0 Å². The molecule has 3 rings (SSSR count). The second-order valence-electron chi connectivity index (χ2n) is 5.83. The lowest BCUT2D eigenvalue weighted by Gasteiger charge is -2.17. The van der Waals surface area contributed by atoms with Crippen LogP contribution in [0, 0.1) is 0 Å². The van der Waals surface area contributed by atoms with Crippen LogP contribution in [0.2, 0.25) is 0 Å². The third-order valence-corrected chi connectivity index (χ3v) is 4.48. The van der Waals surface area contributed by atoms with E-state index in [2.05, 4.69) is 76.7 Å². The zero-order valence-corrected chi connectivity index (χ0v) is 16.1. The molecule has 0 saturated carbocycles. The van der Waals surface area contributed by atoms with Crippen LogP contribution in [-0.2, 0) is 6.54 Å². The van der Waals surface area contributed by atoms with Gasteiger partial charge in [0.05, 0.1) is 13.7 Å². The van der Waals surface area contributed by atoms with E-state index in [-0.39, 0.29) is 0 Å². The third-order valence-electron chi connectivity index (χ3n) is 4.03. The lowest BCUT2D eigenvalue weighted by Crippen LogP contribution is -2.06. The second-order valence-corrected chi connectivity index (χ2v) is 6.74. The molecule has 0 unspecified atom stereocenters. The molecule has 0 aliphatic heterocycles. The van der Waals surface area contributed by atoms with Crippen LogP contribution in [0.4, 0.5) is 5.69 Å². The summed E-state index contributed by atoms with van der Waals surface area (Å²) in [5.74, 6) is 1.55. The average Bonchev–Trinajstić information content (AvgIpc) is 2.64. The first-order chi connectivity index (χ1) is 12.2. The molecular formula is C21H22BrNO2. The van der Waals surface area contributed by atoms with Crippen molar-refractivity contribution in [2.75, 3.05) is 19.0 Å². The molecule has 0 saturated heterocycles. The summed E-state index contributed by atoms with van der Waals surface area (Å²) < 4.78 is 12.4. The number of hydrogen-bond donors (Lipinski definition) is 1. The van der Waals surface area contributed by atoms with Crippen molar-refractivity contribution < 1.29 is 9.47 Å². The number of nitrogens with one attached hydrogen (secondary N) is 1. The quantitative estimate of drug-likeness (QED) is 0.527. The largest absolute Gasteiger partial charge is 0.493 e. The van der Waals surface area contributed by atoms with Crippen molar-refractivity contribution in [3.8, 4) is 11.5 Å². The van der Waals surface area contributed by atoms with Gasteiger partial charge >= 0.3 is 0 Å². The van der Waals surface area contributed by atoms with E-state index >= 15 is 0 Å². The Balaban J connectivity index is 1.90. The first-order valence-electron chi connectivity index (χ1n) is 8.43. The minimum Gasteiger partial charge on any atom is -0.493 e. The average molecular weight is 400 g/mol. The van der Waals surface area contributed by atoms with Gasteiger partial charge < -0.3 is 14.8 Å². The first-order valence-corrected chi connectivity index (χ1v) is 9.23. The van der Waals surface area contributed by atoms with Crippen LogP contribution < -0.4 is 14.8 Å². The number of methoxy groups -OCH3 is 1. The van der Waals surface area contributed by atoms with Crippen molar-refractivity contribution >= 4 is 32.4 Å². The van der Waals surface area contributed by atoms with Crippen LogP contribution in [0.25, 0.3) is 10.8 Å². The molecule has 25 heavy (non-hydrogen) atoms. The molecule has 0 bridgehead atoms. The predicted molar refractivity (Wildman–Crippen MR) is 108 cm³/mol. The van der Waals surface area contributed by atoms with Crippen LogP contribution in [0.3, 0.4) is 0 Å². The number of fused-ring (bicyclic) bond motifs is 1. The van der Waals surface area contributed by atoms with E-state index in [0.717, 1.165) is 33.6 Å². The summed E-state index contributed by atoms with van der Waals surface area (Å²) in [5.41, 5.74) is 2.17. The van der Waals surface area contributed by atoms with Crippen LogP contribution in [-0.4, -0.2) is 13.7 Å². The predicted octanol–water partition coefficient (Wildman–Crippen LogP) is 6.01. The molecule has 0 aromatic heterocycles. The summed E-state index contributed by atoms with van der Waals surface area (Å²) in [7, 11) is 1.67. The van der Waals surface area contributed by atoms with Crippen molar-refractivity contribution in [3.05, 3.63) is 64.6 Å². The van der Waals surface area contributed by atoms with Gasteiger partial charge in [-0.25, -0.2) is 0 Å². The van der Waals surface area contributed by atoms with Gasteiger partial charge in [-0.15, -0.1) is 0 Å². The SMILES string of the molecule is CCCOc1c(CNc2cccc3ccccc23)cc(Br)cc1OC. The molecule has 0 atom stereocenters. The van der Waals surface area contributed by atoms with Gasteiger partial charge in [0.25, 0.3) is 0 Å². The molecular weight excluding hydrogens is 378 g/mol.